The first-order valence-electron chi connectivity index (χ1n) is 10.9. The number of hydrogen-bond donors (Lipinski definition) is 2. The minimum atomic E-state index is -0.434. The molecule has 0 spiro atoms. The van der Waals surface area contributed by atoms with Crippen molar-refractivity contribution in [2.75, 3.05) is 11.9 Å². The van der Waals surface area contributed by atoms with Gasteiger partial charge in [-0.15, -0.1) is 0 Å². The third-order valence-electron chi connectivity index (χ3n) is 5.97. The van der Waals surface area contributed by atoms with Gasteiger partial charge in [-0.3, -0.25) is 4.68 Å². The fraction of sp³-hybridized carbons (Fsp3) is 0.391. The van der Waals surface area contributed by atoms with E-state index in [0.717, 1.165) is 35.3 Å². The van der Waals surface area contributed by atoms with Crippen LogP contribution in [0.3, 0.4) is 0 Å². The molecule has 0 aliphatic heterocycles. The molecular weight excluding hydrogens is 406 g/mol. The quantitative estimate of drug-likeness (QED) is 0.460. The maximum absolute atomic E-state index is 10.3. The lowest BCUT2D eigenvalue weighted by molar-refractivity contribution is 0.0242. The molecule has 0 amide bonds. The van der Waals surface area contributed by atoms with E-state index in [1.54, 1.807) is 10.9 Å². The number of aromatic nitrogens is 6. The third kappa shape index (κ3) is 4.03. The molecule has 1 aliphatic rings. The lowest BCUT2D eigenvalue weighted by atomic mass is 9.81. The molecule has 9 heteroatoms. The number of pyridine rings is 1. The molecule has 0 radical (unpaired) electrons. The Morgan fingerprint density at radius 2 is 2.03 bits per heavy atom. The maximum atomic E-state index is 10.3. The Hall–Kier alpha value is -3.46. The number of aliphatic hydroxyl groups is 1. The minimum Gasteiger partial charge on any atom is -0.487 e. The predicted molar refractivity (Wildman–Crippen MR) is 121 cm³/mol. The summed E-state index contributed by atoms with van der Waals surface area (Å²) in [6.45, 7) is 4.09. The van der Waals surface area contributed by atoms with Gasteiger partial charge in [-0.2, -0.15) is 10.2 Å². The van der Waals surface area contributed by atoms with Crippen LogP contribution < -0.4 is 10.1 Å². The molecule has 0 bridgehead atoms. The van der Waals surface area contributed by atoms with Crippen LogP contribution in [0, 0.1) is 19.8 Å². The first-order valence-corrected chi connectivity index (χ1v) is 10.9. The predicted octanol–water partition coefficient (Wildman–Crippen LogP) is 3.43. The molecule has 32 heavy (non-hydrogen) atoms. The zero-order chi connectivity index (χ0) is 22.2. The van der Waals surface area contributed by atoms with Crippen LogP contribution in [0.25, 0.3) is 16.8 Å². The summed E-state index contributed by atoms with van der Waals surface area (Å²) < 4.78 is 9.57. The minimum absolute atomic E-state index is 0.282. The number of nitrogens with one attached hydrogen (secondary N) is 1. The Balaban J connectivity index is 1.38. The smallest absolute Gasteiger partial charge is 0.165 e. The first-order chi connectivity index (χ1) is 15.5. The highest BCUT2D eigenvalue weighted by Crippen LogP contribution is 2.33. The van der Waals surface area contributed by atoms with Crippen molar-refractivity contribution in [1.29, 1.82) is 0 Å². The Labute approximate surface area is 186 Å². The van der Waals surface area contributed by atoms with Gasteiger partial charge < -0.3 is 15.2 Å². The van der Waals surface area contributed by atoms with E-state index in [9.17, 15) is 5.11 Å². The summed E-state index contributed by atoms with van der Waals surface area (Å²) in [5.74, 6) is 3.15. The van der Waals surface area contributed by atoms with Crippen LogP contribution in [-0.2, 0) is 7.05 Å². The normalized spacial score (nSPS) is 15.0. The highest BCUT2D eigenvalue weighted by molar-refractivity contribution is 5.72. The number of rotatable bonds is 7. The summed E-state index contributed by atoms with van der Waals surface area (Å²) >= 11 is 0. The molecule has 0 aromatic carbocycles. The van der Waals surface area contributed by atoms with Gasteiger partial charge in [-0.25, -0.2) is 14.5 Å². The molecule has 1 fully saturated rings. The van der Waals surface area contributed by atoms with Crippen LogP contribution in [0.4, 0.5) is 11.6 Å². The summed E-state index contributed by atoms with van der Waals surface area (Å²) in [7, 11) is 1.89. The van der Waals surface area contributed by atoms with E-state index >= 15 is 0 Å². The van der Waals surface area contributed by atoms with E-state index in [4.69, 9.17) is 4.74 Å². The van der Waals surface area contributed by atoms with Crippen molar-refractivity contribution in [3.05, 3.63) is 48.2 Å². The van der Waals surface area contributed by atoms with E-state index in [-0.39, 0.29) is 6.61 Å². The highest BCUT2D eigenvalue weighted by Gasteiger charge is 2.26. The summed E-state index contributed by atoms with van der Waals surface area (Å²) in [5, 5.41) is 22.5. The van der Waals surface area contributed by atoms with Crippen LogP contribution in [0.5, 0.6) is 5.75 Å². The Morgan fingerprint density at radius 1 is 1.19 bits per heavy atom. The van der Waals surface area contributed by atoms with Crippen molar-refractivity contribution in [1.82, 2.24) is 29.4 Å². The van der Waals surface area contributed by atoms with E-state index < -0.39 is 6.10 Å². The Kier molecular flexibility index (Phi) is 5.26. The van der Waals surface area contributed by atoms with Gasteiger partial charge in [0.25, 0.3) is 0 Å². The van der Waals surface area contributed by atoms with Gasteiger partial charge in [0.15, 0.2) is 11.6 Å². The molecule has 1 aliphatic carbocycles. The number of nitrogens with zero attached hydrogens (tertiary/aromatic N) is 6. The van der Waals surface area contributed by atoms with Gasteiger partial charge >= 0.3 is 0 Å². The number of ether oxygens (including phenoxy) is 1. The van der Waals surface area contributed by atoms with Crippen LogP contribution in [-0.4, -0.2) is 47.2 Å². The number of aliphatic hydroxyl groups excluding tert-OH is 1. The van der Waals surface area contributed by atoms with E-state index in [0.29, 0.717) is 29.1 Å². The van der Waals surface area contributed by atoms with Crippen molar-refractivity contribution >= 4 is 17.2 Å². The SMILES string of the molecule is Cc1cc(Nc2cc3cc(-c4c(OC[C@H](O)C5CCC5)cnn4C)ccn3n2)nc(C)n1. The van der Waals surface area contributed by atoms with E-state index in [2.05, 4.69) is 25.5 Å². The van der Waals surface area contributed by atoms with Crippen molar-refractivity contribution in [3.8, 4) is 17.0 Å². The topological polar surface area (TPSA) is 102 Å². The van der Waals surface area contributed by atoms with Gasteiger partial charge in [0.1, 0.15) is 23.9 Å². The molecule has 4 heterocycles. The number of fused-ring (bicyclic) bond motifs is 1. The number of hydrogen-bond acceptors (Lipinski definition) is 7. The molecule has 4 aromatic heterocycles. The average Bonchev–Trinajstić information content (AvgIpc) is 3.25. The zero-order valence-electron chi connectivity index (χ0n) is 18.5. The second-order valence-electron chi connectivity index (χ2n) is 8.43. The van der Waals surface area contributed by atoms with E-state index in [1.165, 1.54) is 6.42 Å². The molecular formula is C23H27N7O2. The first kappa shape index (κ1) is 20.4. The summed E-state index contributed by atoms with van der Waals surface area (Å²) in [5.41, 5.74) is 3.66. The van der Waals surface area contributed by atoms with Crippen LogP contribution >= 0.6 is 0 Å². The van der Waals surface area contributed by atoms with Gasteiger partial charge in [0.05, 0.1) is 17.8 Å². The second-order valence-corrected chi connectivity index (χ2v) is 8.43. The van der Waals surface area contributed by atoms with Crippen LogP contribution in [0.2, 0.25) is 0 Å². The number of anilines is 2. The third-order valence-corrected chi connectivity index (χ3v) is 5.97. The monoisotopic (exact) mass is 433 g/mol. The molecule has 5 rings (SSSR count). The maximum Gasteiger partial charge on any atom is 0.165 e. The molecule has 4 aromatic rings. The van der Waals surface area contributed by atoms with Crippen molar-refractivity contribution in [3.63, 3.8) is 0 Å². The zero-order valence-corrected chi connectivity index (χ0v) is 18.5. The lowest BCUT2D eigenvalue weighted by Crippen LogP contribution is -2.31. The molecule has 0 unspecified atom stereocenters. The van der Waals surface area contributed by atoms with Gasteiger partial charge in [-0.05, 0) is 44.7 Å². The van der Waals surface area contributed by atoms with Crippen molar-refractivity contribution in [2.45, 2.75) is 39.2 Å². The van der Waals surface area contributed by atoms with Crippen molar-refractivity contribution in [2.24, 2.45) is 13.0 Å². The van der Waals surface area contributed by atoms with Crippen LogP contribution in [0.15, 0.2) is 36.7 Å². The molecule has 1 saturated carbocycles. The largest absolute Gasteiger partial charge is 0.487 e. The van der Waals surface area contributed by atoms with Gasteiger partial charge in [-0.1, -0.05) is 6.42 Å². The molecule has 9 nitrogen and oxygen atoms in total. The fourth-order valence-corrected chi connectivity index (χ4v) is 4.10. The number of aryl methyl sites for hydroxylation is 3. The molecule has 2 N–H and O–H groups in total. The fourth-order valence-electron chi connectivity index (χ4n) is 4.10. The Bertz CT molecular complexity index is 1240. The summed E-state index contributed by atoms with van der Waals surface area (Å²) in [6, 6.07) is 7.88. The standard InChI is InChI=1S/C23H27N7O2/c1-14-9-21(26-15(2)25-14)27-22-11-18-10-17(7-8-30(18)28-22)23-20(12-24-29(23)3)32-13-19(31)16-5-4-6-16/h7-12,16,19,31H,4-6,13H2,1-3H3,(H,25,26,27,28)/t19-/m0/s1. The second kappa shape index (κ2) is 8.23. The van der Waals surface area contributed by atoms with Crippen LogP contribution in [0.1, 0.15) is 30.8 Å². The molecule has 166 valence electrons. The summed E-state index contributed by atoms with van der Waals surface area (Å²) in [4.78, 5) is 8.72. The van der Waals surface area contributed by atoms with Gasteiger partial charge in [0.2, 0.25) is 0 Å². The highest BCUT2D eigenvalue weighted by atomic mass is 16.5. The molecule has 0 saturated heterocycles. The average molecular weight is 434 g/mol. The lowest BCUT2D eigenvalue weighted by Gasteiger charge is -2.30. The summed E-state index contributed by atoms with van der Waals surface area (Å²) in [6.07, 6.45) is 6.53. The van der Waals surface area contributed by atoms with Crippen molar-refractivity contribution < 1.29 is 9.84 Å². The Morgan fingerprint density at radius 3 is 2.78 bits per heavy atom. The van der Waals surface area contributed by atoms with E-state index in [1.807, 2.05) is 55.9 Å². The molecule has 1 atom stereocenters. The van der Waals surface area contributed by atoms with Gasteiger partial charge in [0, 0.05) is 36.6 Å².